The van der Waals surface area contributed by atoms with Crippen LogP contribution in [0, 0.1) is 5.41 Å². The minimum absolute atomic E-state index is 0.242. The van der Waals surface area contributed by atoms with Gasteiger partial charge >= 0.3 is 5.97 Å². The average Bonchev–Trinajstić information content (AvgIpc) is 2.45. The molecule has 1 aromatic carbocycles. The summed E-state index contributed by atoms with van der Waals surface area (Å²) in [5.74, 6) is -0.749. The number of fused-ring (bicyclic) bond motifs is 1. The number of carbonyl (C=O) groups is 1. The van der Waals surface area contributed by atoms with Crippen LogP contribution in [0.25, 0.3) is 10.9 Å². The normalized spacial score (nSPS) is 21.4. The summed E-state index contributed by atoms with van der Waals surface area (Å²) in [5.41, 5.74) is 1.64. The highest BCUT2D eigenvalue weighted by atomic mass is 16.4. The van der Waals surface area contributed by atoms with Crippen molar-refractivity contribution < 1.29 is 9.90 Å². The number of hydrogen-bond acceptors (Lipinski definition) is 3. The predicted octanol–water partition coefficient (Wildman–Crippen LogP) is 3.31. The van der Waals surface area contributed by atoms with Gasteiger partial charge in [-0.25, -0.2) is 4.79 Å². The Morgan fingerprint density at radius 2 is 2.10 bits per heavy atom. The number of pyridine rings is 1. The maximum atomic E-state index is 11.8. The highest BCUT2D eigenvalue weighted by Gasteiger charge is 2.42. The molecule has 1 N–H and O–H groups in total. The third kappa shape index (κ3) is 2.35. The Balaban J connectivity index is 2.14. The maximum Gasteiger partial charge on any atom is 0.326 e. The average molecular weight is 284 g/mol. The van der Waals surface area contributed by atoms with Crippen molar-refractivity contribution in [2.75, 3.05) is 11.4 Å². The van der Waals surface area contributed by atoms with Gasteiger partial charge in [0.05, 0.1) is 5.52 Å². The van der Waals surface area contributed by atoms with Crippen molar-refractivity contribution in [3.63, 3.8) is 0 Å². The zero-order chi connectivity index (χ0) is 15.0. The minimum atomic E-state index is -0.749. The molecule has 0 radical (unpaired) electrons. The lowest BCUT2D eigenvalue weighted by Gasteiger charge is -2.45. The summed E-state index contributed by atoms with van der Waals surface area (Å²) in [5, 5.41) is 10.7. The Morgan fingerprint density at radius 3 is 2.86 bits per heavy atom. The monoisotopic (exact) mass is 284 g/mol. The number of anilines is 1. The summed E-state index contributed by atoms with van der Waals surface area (Å²) < 4.78 is 0. The smallest absolute Gasteiger partial charge is 0.326 e. The van der Waals surface area contributed by atoms with E-state index in [0.29, 0.717) is 0 Å². The van der Waals surface area contributed by atoms with Crippen LogP contribution in [0.2, 0.25) is 0 Å². The van der Waals surface area contributed by atoms with E-state index in [0.717, 1.165) is 36.0 Å². The molecule has 0 amide bonds. The van der Waals surface area contributed by atoms with Gasteiger partial charge in [-0.1, -0.05) is 32.0 Å². The molecule has 1 atom stereocenters. The fourth-order valence-corrected chi connectivity index (χ4v) is 3.45. The maximum absolute atomic E-state index is 11.8. The van der Waals surface area contributed by atoms with Crippen molar-refractivity contribution in [2.24, 2.45) is 5.41 Å². The van der Waals surface area contributed by atoms with E-state index >= 15 is 0 Å². The molecule has 4 nitrogen and oxygen atoms in total. The van der Waals surface area contributed by atoms with Gasteiger partial charge in [-0.3, -0.25) is 4.98 Å². The standard InChI is InChI=1S/C17H20N2O2/c1-17(2)9-5-11-19(15(17)16(20)21)14-8-10-18-13-7-4-3-6-12(13)14/h3-4,6-8,10,15H,5,9,11H2,1-2H3,(H,20,21). The highest BCUT2D eigenvalue weighted by molar-refractivity contribution is 5.93. The minimum Gasteiger partial charge on any atom is -0.480 e. The summed E-state index contributed by atoms with van der Waals surface area (Å²) in [6.07, 6.45) is 3.70. The lowest BCUT2D eigenvalue weighted by molar-refractivity contribution is -0.142. The lowest BCUT2D eigenvalue weighted by atomic mass is 9.76. The summed E-state index contributed by atoms with van der Waals surface area (Å²) in [6.45, 7) is 4.86. The van der Waals surface area contributed by atoms with E-state index < -0.39 is 12.0 Å². The molecule has 1 saturated heterocycles. The molecule has 1 fully saturated rings. The van der Waals surface area contributed by atoms with Gasteiger partial charge in [0.15, 0.2) is 0 Å². The van der Waals surface area contributed by atoms with Crippen LogP contribution in [0.4, 0.5) is 5.69 Å². The number of hydrogen-bond donors (Lipinski definition) is 1. The van der Waals surface area contributed by atoms with Crippen LogP contribution in [0.3, 0.4) is 0 Å². The van der Waals surface area contributed by atoms with Crippen molar-refractivity contribution in [3.05, 3.63) is 36.5 Å². The third-order valence-electron chi connectivity index (χ3n) is 4.44. The van der Waals surface area contributed by atoms with Crippen LogP contribution >= 0.6 is 0 Å². The fourth-order valence-electron chi connectivity index (χ4n) is 3.45. The van der Waals surface area contributed by atoms with Gasteiger partial charge in [0.2, 0.25) is 0 Å². The second kappa shape index (κ2) is 5.02. The fraction of sp³-hybridized carbons (Fsp3) is 0.412. The first-order valence-corrected chi connectivity index (χ1v) is 7.34. The number of carboxylic acid groups (broad SMARTS) is 1. The summed E-state index contributed by atoms with van der Waals surface area (Å²) in [7, 11) is 0. The Kier molecular flexibility index (Phi) is 3.32. The molecular weight excluding hydrogens is 264 g/mol. The van der Waals surface area contributed by atoms with Crippen LogP contribution in [0.15, 0.2) is 36.5 Å². The molecule has 3 rings (SSSR count). The molecule has 2 heterocycles. The Hall–Kier alpha value is -2.10. The first kappa shape index (κ1) is 13.9. The molecule has 0 aliphatic carbocycles. The van der Waals surface area contributed by atoms with Gasteiger partial charge in [-0.2, -0.15) is 0 Å². The largest absolute Gasteiger partial charge is 0.480 e. The number of aromatic nitrogens is 1. The molecule has 1 aliphatic heterocycles. The van der Waals surface area contributed by atoms with Crippen molar-refractivity contribution in [3.8, 4) is 0 Å². The number of para-hydroxylation sites is 1. The summed E-state index contributed by atoms with van der Waals surface area (Å²) >= 11 is 0. The van der Waals surface area contributed by atoms with Crippen LogP contribution in [0.5, 0.6) is 0 Å². The molecule has 21 heavy (non-hydrogen) atoms. The number of rotatable bonds is 2. The molecule has 2 aromatic rings. The molecule has 110 valence electrons. The van der Waals surface area contributed by atoms with E-state index in [1.165, 1.54) is 0 Å². The molecule has 0 spiro atoms. The number of aliphatic carboxylic acids is 1. The van der Waals surface area contributed by atoms with Crippen LogP contribution in [0.1, 0.15) is 26.7 Å². The van der Waals surface area contributed by atoms with E-state index in [9.17, 15) is 9.90 Å². The SMILES string of the molecule is CC1(C)CCCN(c2ccnc3ccccc23)C1C(=O)O. The zero-order valence-electron chi connectivity index (χ0n) is 12.4. The van der Waals surface area contributed by atoms with Crippen molar-refractivity contribution in [2.45, 2.75) is 32.7 Å². The van der Waals surface area contributed by atoms with Crippen molar-refractivity contribution in [1.82, 2.24) is 4.98 Å². The van der Waals surface area contributed by atoms with Gasteiger partial charge in [0.25, 0.3) is 0 Å². The molecule has 0 bridgehead atoms. The molecular formula is C17H20N2O2. The molecule has 0 saturated carbocycles. The number of piperidine rings is 1. The van der Waals surface area contributed by atoms with Crippen LogP contribution in [-0.4, -0.2) is 28.6 Å². The van der Waals surface area contributed by atoms with E-state index in [1.54, 1.807) is 6.20 Å². The van der Waals surface area contributed by atoms with Crippen LogP contribution < -0.4 is 4.90 Å². The summed E-state index contributed by atoms with van der Waals surface area (Å²) in [4.78, 5) is 18.2. The zero-order valence-corrected chi connectivity index (χ0v) is 12.4. The second-order valence-corrected chi connectivity index (χ2v) is 6.37. The third-order valence-corrected chi connectivity index (χ3v) is 4.44. The van der Waals surface area contributed by atoms with E-state index in [4.69, 9.17) is 0 Å². The van der Waals surface area contributed by atoms with E-state index in [2.05, 4.69) is 4.98 Å². The topological polar surface area (TPSA) is 53.4 Å². The molecule has 1 aliphatic rings. The summed E-state index contributed by atoms with van der Waals surface area (Å²) in [6, 6.07) is 9.32. The first-order valence-electron chi connectivity index (χ1n) is 7.34. The molecule has 1 aromatic heterocycles. The number of carboxylic acids is 1. The number of benzene rings is 1. The quantitative estimate of drug-likeness (QED) is 0.919. The van der Waals surface area contributed by atoms with Gasteiger partial charge in [-0.15, -0.1) is 0 Å². The Morgan fingerprint density at radius 1 is 1.33 bits per heavy atom. The predicted molar refractivity (Wildman–Crippen MR) is 83.5 cm³/mol. The van der Waals surface area contributed by atoms with Crippen molar-refractivity contribution >= 4 is 22.6 Å². The van der Waals surface area contributed by atoms with Gasteiger partial charge in [-0.05, 0) is 30.4 Å². The van der Waals surface area contributed by atoms with Gasteiger partial charge in [0, 0.05) is 23.8 Å². The molecule has 1 unspecified atom stereocenters. The lowest BCUT2D eigenvalue weighted by Crippen LogP contribution is -2.54. The first-order chi connectivity index (χ1) is 10.0. The van der Waals surface area contributed by atoms with Crippen LogP contribution in [-0.2, 0) is 4.79 Å². The van der Waals surface area contributed by atoms with E-state index in [1.807, 2.05) is 49.1 Å². The van der Waals surface area contributed by atoms with Crippen molar-refractivity contribution in [1.29, 1.82) is 0 Å². The van der Waals surface area contributed by atoms with Gasteiger partial charge in [0.1, 0.15) is 6.04 Å². The Bertz CT molecular complexity index is 676. The second-order valence-electron chi connectivity index (χ2n) is 6.37. The Labute approximate surface area is 124 Å². The number of nitrogens with zero attached hydrogens (tertiary/aromatic N) is 2. The van der Waals surface area contributed by atoms with Gasteiger partial charge < -0.3 is 10.0 Å². The highest BCUT2D eigenvalue weighted by Crippen LogP contribution is 2.39. The molecule has 4 heteroatoms. The van der Waals surface area contributed by atoms with E-state index in [-0.39, 0.29) is 5.41 Å².